The molecule has 0 bridgehead atoms. The summed E-state index contributed by atoms with van der Waals surface area (Å²) in [7, 11) is 0. The summed E-state index contributed by atoms with van der Waals surface area (Å²) in [4.78, 5) is 23.7. The van der Waals surface area contributed by atoms with Gasteiger partial charge in [0.1, 0.15) is 0 Å². The Balaban J connectivity index is 1.75. The predicted octanol–water partition coefficient (Wildman–Crippen LogP) is 3.43. The zero-order chi connectivity index (χ0) is 16.7. The summed E-state index contributed by atoms with van der Waals surface area (Å²) in [6.45, 7) is 0.691. The molecule has 0 aliphatic heterocycles. The number of carbonyl (C=O) groups excluding carboxylic acids is 2. The monoisotopic (exact) mass is 350 g/mol. The molecule has 0 unspecified atom stereocenters. The number of benzene rings is 2. The summed E-state index contributed by atoms with van der Waals surface area (Å²) in [5, 5.41) is 6.20. The van der Waals surface area contributed by atoms with Crippen LogP contribution >= 0.6 is 23.2 Å². The van der Waals surface area contributed by atoms with Gasteiger partial charge in [0.15, 0.2) is 0 Å². The van der Waals surface area contributed by atoms with E-state index in [2.05, 4.69) is 10.6 Å². The quantitative estimate of drug-likeness (QED) is 0.838. The Hall–Kier alpha value is -2.04. The van der Waals surface area contributed by atoms with Crippen molar-refractivity contribution in [2.75, 3.05) is 6.54 Å². The van der Waals surface area contributed by atoms with E-state index in [1.54, 1.807) is 12.1 Å². The van der Waals surface area contributed by atoms with E-state index >= 15 is 0 Å². The number of halogens is 2. The first kappa shape index (κ1) is 17.3. The normalized spacial score (nSPS) is 10.2. The highest BCUT2D eigenvalue weighted by atomic mass is 35.5. The fraction of sp³-hybridized carbons (Fsp3) is 0.176. The van der Waals surface area contributed by atoms with E-state index in [4.69, 9.17) is 23.2 Å². The van der Waals surface area contributed by atoms with Gasteiger partial charge in [-0.2, -0.15) is 0 Å². The second-order valence-electron chi connectivity index (χ2n) is 4.89. The average Bonchev–Trinajstić information content (AvgIpc) is 2.56. The Labute approximate surface area is 144 Å². The van der Waals surface area contributed by atoms with E-state index in [-0.39, 0.29) is 24.8 Å². The van der Waals surface area contributed by atoms with Gasteiger partial charge >= 0.3 is 0 Å². The van der Waals surface area contributed by atoms with Crippen LogP contribution in [0.4, 0.5) is 0 Å². The zero-order valence-electron chi connectivity index (χ0n) is 12.3. The molecule has 4 nitrogen and oxygen atoms in total. The first-order valence-electron chi connectivity index (χ1n) is 7.10. The molecule has 0 radical (unpaired) electrons. The standard InChI is InChI=1S/C17H16Cl2N2O2/c18-13-6-7-15(19)14(10-13)17(23)20-9-8-16(22)21-11-12-4-2-1-3-5-12/h1-7,10H,8-9,11H2,(H,20,23)(H,21,22). The molecule has 0 atom stereocenters. The van der Waals surface area contributed by atoms with Crippen LogP contribution in [0.2, 0.25) is 10.0 Å². The van der Waals surface area contributed by atoms with Crippen LogP contribution in [-0.2, 0) is 11.3 Å². The molecule has 0 aliphatic rings. The average molecular weight is 351 g/mol. The lowest BCUT2D eigenvalue weighted by Crippen LogP contribution is -2.30. The summed E-state index contributed by atoms with van der Waals surface area (Å²) in [5.41, 5.74) is 1.32. The van der Waals surface area contributed by atoms with Crippen LogP contribution in [0.25, 0.3) is 0 Å². The minimum Gasteiger partial charge on any atom is -0.352 e. The summed E-state index contributed by atoms with van der Waals surface area (Å²) < 4.78 is 0. The smallest absolute Gasteiger partial charge is 0.252 e. The second-order valence-corrected chi connectivity index (χ2v) is 5.74. The molecule has 6 heteroatoms. The van der Waals surface area contributed by atoms with Gasteiger partial charge in [0.2, 0.25) is 5.91 Å². The molecule has 2 N–H and O–H groups in total. The molecule has 2 aromatic rings. The number of hydrogen-bond acceptors (Lipinski definition) is 2. The van der Waals surface area contributed by atoms with E-state index < -0.39 is 0 Å². The Morgan fingerprint density at radius 2 is 1.70 bits per heavy atom. The van der Waals surface area contributed by atoms with E-state index in [0.717, 1.165) is 5.56 Å². The van der Waals surface area contributed by atoms with Gasteiger partial charge in [0, 0.05) is 24.5 Å². The summed E-state index contributed by atoms with van der Waals surface area (Å²) in [6, 6.07) is 14.3. The lowest BCUT2D eigenvalue weighted by atomic mass is 10.2. The zero-order valence-corrected chi connectivity index (χ0v) is 13.8. The molecule has 2 amide bonds. The van der Waals surface area contributed by atoms with Crippen LogP contribution in [0.3, 0.4) is 0 Å². The van der Waals surface area contributed by atoms with Crippen molar-refractivity contribution in [3.05, 3.63) is 69.7 Å². The molecule has 2 rings (SSSR count). The molecule has 0 saturated carbocycles. The lowest BCUT2D eigenvalue weighted by molar-refractivity contribution is -0.121. The van der Waals surface area contributed by atoms with Crippen LogP contribution in [0.1, 0.15) is 22.3 Å². The molecule has 0 spiro atoms. The van der Waals surface area contributed by atoms with E-state index in [1.165, 1.54) is 6.07 Å². The summed E-state index contributed by atoms with van der Waals surface area (Å²) >= 11 is 11.8. The molecule has 2 aromatic carbocycles. The van der Waals surface area contributed by atoms with Gasteiger partial charge in [-0.1, -0.05) is 53.5 Å². The molecule has 0 heterocycles. The van der Waals surface area contributed by atoms with Crippen molar-refractivity contribution in [2.24, 2.45) is 0 Å². The maximum Gasteiger partial charge on any atom is 0.252 e. The topological polar surface area (TPSA) is 58.2 Å². The van der Waals surface area contributed by atoms with Crippen LogP contribution < -0.4 is 10.6 Å². The van der Waals surface area contributed by atoms with Crippen molar-refractivity contribution in [1.82, 2.24) is 10.6 Å². The second kappa shape index (κ2) is 8.56. The van der Waals surface area contributed by atoms with Crippen molar-refractivity contribution in [2.45, 2.75) is 13.0 Å². The van der Waals surface area contributed by atoms with Crippen molar-refractivity contribution in [3.8, 4) is 0 Å². The van der Waals surface area contributed by atoms with Crippen molar-refractivity contribution < 1.29 is 9.59 Å². The predicted molar refractivity (Wildman–Crippen MR) is 91.7 cm³/mol. The lowest BCUT2D eigenvalue weighted by Gasteiger charge is -2.08. The minimum atomic E-state index is -0.353. The Morgan fingerprint density at radius 3 is 2.43 bits per heavy atom. The van der Waals surface area contributed by atoms with Crippen molar-refractivity contribution >= 4 is 35.0 Å². The summed E-state index contributed by atoms with van der Waals surface area (Å²) in [6.07, 6.45) is 0.191. The van der Waals surface area contributed by atoms with Crippen LogP contribution in [0.5, 0.6) is 0 Å². The molecular weight excluding hydrogens is 335 g/mol. The molecule has 120 valence electrons. The Morgan fingerprint density at radius 1 is 0.957 bits per heavy atom. The molecule has 0 aliphatic carbocycles. The largest absolute Gasteiger partial charge is 0.352 e. The Kier molecular flexibility index (Phi) is 6.44. The van der Waals surface area contributed by atoms with Gasteiger partial charge in [0.05, 0.1) is 10.6 Å². The summed E-state index contributed by atoms with van der Waals surface area (Å²) in [5.74, 6) is -0.486. The van der Waals surface area contributed by atoms with Gasteiger partial charge in [-0.25, -0.2) is 0 Å². The third-order valence-electron chi connectivity index (χ3n) is 3.14. The molecule has 0 aromatic heterocycles. The fourth-order valence-corrected chi connectivity index (χ4v) is 2.32. The van der Waals surface area contributed by atoms with Crippen molar-refractivity contribution in [1.29, 1.82) is 0 Å². The van der Waals surface area contributed by atoms with Gasteiger partial charge in [-0.3, -0.25) is 9.59 Å². The molecular formula is C17H16Cl2N2O2. The first-order valence-corrected chi connectivity index (χ1v) is 7.86. The molecule has 23 heavy (non-hydrogen) atoms. The Bertz CT molecular complexity index is 690. The number of hydrogen-bond donors (Lipinski definition) is 2. The molecule has 0 saturated heterocycles. The fourth-order valence-electron chi connectivity index (χ4n) is 1.94. The highest BCUT2D eigenvalue weighted by molar-refractivity contribution is 6.35. The van der Waals surface area contributed by atoms with E-state index in [1.807, 2.05) is 30.3 Å². The van der Waals surface area contributed by atoms with E-state index in [0.29, 0.717) is 22.2 Å². The number of amides is 2. The maximum absolute atomic E-state index is 12.0. The van der Waals surface area contributed by atoms with Gasteiger partial charge in [0.25, 0.3) is 5.91 Å². The van der Waals surface area contributed by atoms with Gasteiger partial charge < -0.3 is 10.6 Å². The van der Waals surface area contributed by atoms with Crippen LogP contribution in [0.15, 0.2) is 48.5 Å². The van der Waals surface area contributed by atoms with Crippen molar-refractivity contribution in [3.63, 3.8) is 0 Å². The van der Waals surface area contributed by atoms with Gasteiger partial charge in [-0.15, -0.1) is 0 Å². The van der Waals surface area contributed by atoms with E-state index in [9.17, 15) is 9.59 Å². The highest BCUT2D eigenvalue weighted by Crippen LogP contribution is 2.20. The SMILES string of the molecule is O=C(CCNC(=O)c1cc(Cl)ccc1Cl)NCc1ccccc1. The number of rotatable bonds is 6. The van der Waals surface area contributed by atoms with Crippen LogP contribution in [-0.4, -0.2) is 18.4 Å². The number of nitrogens with one attached hydrogen (secondary N) is 2. The van der Waals surface area contributed by atoms with Crippen LogP contribution in [0, 0.1) is 0 Å². The highest BCUT2D eigenvalue weighted by Gasteiger charge is 2.11. The third kappa shape index (κ3) is 5.58. The maximum atomic E-state index is 12.0. The number of carbonyl (C=O) groups is 2. The van der Waals surface area contributed by atoms with Gasteiger partial charge in [-0.05, 0) is 23.8 Å². The third-order valence-corrected chi connectivity index (χ3v) is 3.71. The minimum absolute atomic E-state index is 0.133. The molecule has 0 fully saturated rings. The first-order chi connectivity index (χ1) is 11.1.